The molecule has 0 bridgehead atoms. The molecule has 1 atom stereocenters. The average molecular weight is 361 g/mol. The van der Waals surface area contributed by atoms with Gasteiger partial charge in [0.25, 0.3) is 0 Å². The maximum absolute atomic E-state index is 12.2. The highest BCUT2D eigenvalue weighted by Crippen LogP contribution is 2.14. The molecular formula is C16H27NO6S. The quantitative estimate of drug-likeness (QED) is 0.510. The molecule has 1 aromatic carbocycles. The van der Waals surface area contributed by atoms with Crippen molar-refractivity contribution < 1.29 is 27.3 Å². The van der Waals surface area contributed by atoms with E-state index in [9.17, 15) is 4.21 Å². The summed E-state index contributed by atoms with van der Waals surface area (Å²) in [6, 6.07) is 6.96. The first-order chi connectivity index (χ1) is 11.6. The number of methoxy groups -OCH3 is 1. The van der Waals surface area contributed by atoms with Crippen molar-refractivity contribution in [3.63, 3.8) is 0 Å². The first-order valence-corrected chi connectivity index (χ1v) is 9.26. The van der Waals surface area contributed by atoms with Gasteiger partial charge in [0.2, 0.25) is 0 Å². The van der Waals surface area contributed by atoms with Crippen molar-refractivity contribution in [2.24, 2.45) is 0 Å². The van der Waals surface area contributed by atoms with Crippen molar-refractivity contribution in [1.29, 1.82) is 4.78 Å². The summed E-state index contributed by atoms with van der Waals surface area (Å²) < 4.78 is 45.8. The van der Waals surface area contributed by atoms with E-state index in [1.165, 1.54) is 0 Å². The van der Waals surface area contributed by atoms with Crippen LogP contribution >= 0.6 is 0 Å². The van der Waals surface area contributed by atoms with Gasteiger partial charge >= 0.3 is 0 Å². The zero-order valence-corrected chi connectivity index (χ0v) is 15.1. The average Bonchev–Trinajstić information content (AvgIpc) is 2.56. The number of hydrogen-bond donors (Lipinski definition) is 1. The van der Waals surface area contributed by atoms with E-state index in [2.05, 4.69) is 0 Å². The Hall–Kier alpha value is -1.03. The number of nitrogens with one attached hydrogen (secondary N) is 1. The summed E-state index contributed by atoms with van der Waals surface area (Å²) in [6.07, 6.45) is 0. The van der Waals surface area contributed by atoms with Crippen LogP contribution in [-0.4, -0.2) is 64.2 Å². The summed E-state index contributed by atoms with van der Waals surface area (Å²) in [7, 11) is -1.61. The van der Waals surface area contributed by atoms with Crippen LogP contribution in [0.3, 0.4) is 0 Å². The second-order valence-electron chi connectivity index (χ2n) is 4.97. The Morgan fingerprint density at radius 2 is 1.46 bits per heavy atom. The highest BCUT2D eigenvalue weighted by molar-refractivity contribution is 7.87. The highest BCUT2D eigenvalue weighted by atomic mass is 32.2. The molecule has 0 amide bonds. The molecule has 1 aromatic rings. The molecule has 0 fully saturated rings. The van der Waals surface area contributed by atoms with Gasteiger partial charge < -0.3 is 18.9 Å². The number of rotatable bonds is 14. The maximum atomic E-state index is 12.2. The fourth-order valence-electron chi connectivity index (χ4n) is 1.74. The molecule has 0 aromatic heterocycles. The van der Waals surface area contributed by atoms with Crippen LogP contribution in [0, 0.1) is 11.7 Å². The van der Waals surface area contributed by atoms with Crippen LogP contribution in [0.4, 0.5) is 0 Å². The van der Waals surface area contributed by atoms with Gasteiger partial charge in [-0.1, -0.05) is 12.1 Å². The molecule has 0 saturated carbocycles. The summed E-state index contributed by atoms with van der Waals surface area (Å²) in [5, 5.41) is 0. The van der Waals surface area contributed by atoms with Gasteiger partial charge in [0.1, 0.15) is 0 Å². The molecule has 0 spiro atoms. The van der Waals surface area contributed by atoms with Crippen LogP contribution < -0.4 is 0 Å². The number of aryl methyl sites for hydroxylation is 1. The van der Waals surface area contributed by atoms with Crippen LogP contribution in [-0.2, 0) is 33.1 Å². The van der Waals surface area contributed by atoms with Crippen molar-refractivity contribution in [3.05, 3.63) is 29.8 Å². The van der Waals surface area contributed by atoms with E-state index in [-0.39, 0.29) is 13.2 Å². The van der Waals surface area contributed by atoms with Crippen LogP contribution in [0.25, 0.3) is 0 Å². The van der Waals surface area contributed by atoms with Gasteiger partial charge in [-0.3, -0.25) is 4.18 Å². The molecule has 24 heavy (non-hydrogen) atoms. The van der Waals surface area contributed by atoms with E-state index in [1.807, 2.05) is 13.0 Å². The zero-order valence-electron chi connectivity index (χ0n) is 14.3. The third-order valence-corrected chi connectivity index (χ3v) is 4.33. The van der Waals surface area contributed by atoms with Crippen molar-refractivity contribution in [3.8, 4) is 0 Å². The summed E-state index contributed by atoms with van der Waals surface area (Å²) in [6.45, 7) is 5.23. The molecule has 0 heterocycles. The summed E-state index contributed by atoms with van der Waals surface area (Å²) >= 11 is 0. The summed E-state index contributed by atoms with van der Waals surface area (Å²) in [4.78, 5) is 0.374. The molecule has 0 saturated heterocycles. The van der Waals surface area contributed by atoms with Gasteiger partial charge in [0.15, 0.2) is 10.0 Å². The lowest BCUT2D eigenvalue weighted by molar-refractivity contribution is 0.000537. The Morgan fingerprint density at radius 1 is 0.917 bits per heavy atom. The smallest absolute Gasteiger partial charge is 0.190 e. The molecular weight excluding hydrogens is 334 g/mol. The molecule has 0 aliphatic rings. The van der Waals surface area contributed by atoms with Gasteiger partial charge in [0.05, 0.1) is 57.8 Å². The Balaban J connectivity index is 2.02. The standard InChI is InChI=1S/C16H27NO6S/c1-15-4-3-5-16(14-15)24(17,18)23-13-12-22-11-10-21-9-8-20-7-6-19-2/h3-5,14,17H,6-13H2,1-2H3. The lowest BCUT2D eigenvalue weighted by atomic mass is 10.2. The highest BCUT2D eigenvalue weighted by Gasteiger charge is 2.10. The van der Waals surface area contributed by atoms with E-state index < -0.39 is 10.0 Å². The Kier molecular flexibility index (Phi) is 10.8. The van der Waals surface area contributed by atoms with E-state index in [0.717, 1.165) is 5.56 Å². The van der Waals surface area contributed by atoms with Crippen molar-refractivity contribution in [2.45, 2.75) is 11.8 Å². The van der Waals surface area contributed by atoms with Gasteiger partial charge in [-0.05, 0) is 24.6 Å². The minimum Gasteiger partial charge on any atom is -0.382 e. The molecule has 138 valence electrons. The molecule has 1 unspecified atom stereocenters. The zero-order chi connectivity index (χ0) is 17.7. The normalized spacial score (nSPS) is 13.8. The van der Waals surface area contributed by atoms with Crippen LogP contribution in [0.5, 0.6) is 0 Å². The van der Waals surface area contributed by atoms with Crippen LogP contribution in [0.2, 0.25) is 0 Å². The van der Waals surface area contributed by atoms with Crippen molar-refractivity contribution >= 4 is 10.0 Å². The van der Waals surface area contributed by atoms with E-state index in [4.69, 9.17) is 27.9 Å². The SMILES string of the molecule is COCCOCCOCCOCCOS(=N)(=O)c1cccc(C)c1. The Morgan fingerprint density at radius 3 is 2.00 bits per heavy atom. The third-order valence-electron chi connectivity index (χ3n) is 2.95. The molecule has 8 heteroatoms. The lowest BCUT2D eigenvalue weighted by Gasteiger charge is -2.10. The first-order valence-electron chi connectivity index (χ1n) is 7.78. The van der Waals surface area contributed by atoms with Gasteiger partial charge in [-0.25, -0.2) is 8.99 Å². The van der Waals surface area contributed by atoms with E-state index >= 15 is 0 Å². The fraction of sp³-hybridized carbons (Fsp3) is 0.625. The van der Waals surface area contributed by atoms with Crippen molar-refractivity contribution in [1.82, 2.24) is 0 Å². The van der Waals surface area contributed by atoms with Gasteiger partial charge in [-0.2, -0.15) is 0 Å². The number of hydrogen-bond acceptors (Lipinski definition) is 7. The fourth-order valence-corrected chi connectivity index (χ4v) is 2.78. The summed E-state index contributed by atoms with van der Waals surface area (Å²) in [5.74, 6) is 0. The predicted molar refractivity (Wildman–Crippen MR) is 90.6 cm³/mol. The molecule has 0 aliphatic carbocycles. The molecule has 1 rings (SSSR count). The first kappa shape index (κ1) is 21.0. The number of benzene rings is 1. The topological polar surface area (TPSA) is 87.1 Å². The lowest BCUT2D eigenvalue weighted by Crippen LogP contribution is -2.14. The number of ether oxygens (including phenoxy) is 4. The largest absolute Gasteiger partial charge is 0.382 e. The van der Waals surface area contributed by atoms with Crippen molar-refractivity contribution in [2.75, 3.05) is 60.0 Å². The molecule has 1 N–H and O–H groups in total. The maximum Gasteiger partial charge on any atom is 0.190 e. The van der Waals surface area contributed by atoms with E-state index in [1.54, 1.807) is 25.3 Å². The van der Waals surface area contributed by atoms with Crippen LogP contribution in [0.15, 0.2) is 29.2 Å². The second-order valence-corrected chi connectivity index (χ2v) is 6.69. The Bertz CT molecular complexity index is 549. The van der Waals surface area contributed by atoms with Crippen LogP contribution in [0.1, 0.15) is 5.56 Å². The van der Waals surface area contributed by atoms with Gasteiger partial charge in [-0.15, -0.1) is 0 Å². The molecule has 0 aliphatic heterocycles. The minimum atomic E-state index is -3.23. The molecule has 7 nitrogen and oxygen atoms in total. The third kappa shape index (κ3) is 9.31. The minimum absolute atomic E-state index is 0.0937. The molecule has 0 radical (unpaired) electrons. The van der Waals surface area contributed by atoms with E-state index in [0.29, 0.717) is 44.5 Å². The summed E-state index contributed by atoms with van der Waals surface area (Å²) in [5.41, 5.74) is 0.940. The predicted octanol–water partition coefficient (Wildman–Crippen LogP) is 2.03. The Labute approximate surface area is 144 Å². The van der Waals surface area contributed by atoms with Gasteiger partial charge in [0, 0.05) is 7.11 Å². The second kappa shape index (κ2) is 12.3. The monoisotopic (exact) mass is 361 g/mol.